The van der Waals surface area contributed by atoms with E-state index in [9.17, 15) is 0 Å². The lowest BCUT2D eigenvalue weighted by Crippen LogP contribution is -2.32. The molecule has 2 aliphatic rings. The Morgan fingerprint density at radius 2 is 0.889 bits per heavy atom. The lowest BCUT2D eigenvalue weighted by atomic mass is 9.95. The molecule has 0 N–H and O–H groups in total. The van der Waals surface area contributed by atoms with E-state index in [0.29, 0.717) is 0 Å². The molecule has 0 heterocycles. The van der Waals surface area contributed by atoms with Gasteiger partial charge in [0.2, 0.25) is 0 Å². The topological polar surface area (TPSA) is 0 Å². The Bertz CT molecular complexity index is 2050. The van der Waals surface area contributed by atoms with Gasteiger partial charge in [0.25, 0.3) is 0 Å². The zero-order valence-electron chi connectivity index (χ0n) is 26.9. The van der Waals surface area contributed by atoms with Crippen LogP contribution in [0.15, 0.2) is 132 Å². The van der Waals surface area contributed by atoms with Crippen LogP contribution in [0.3, 0.4) is 0 Å². The van der Waals surface area contributed by atoms with Crippen LogP contribution in [-0.4, -0.2) is 8.07 Å². The van der Waals surface area contributed by atoms with Gasteiger partial charge in [-0.05, 0) is 114 Å². The highest BCUT2D eigenvalue weighted by atomic mass is 28.3. The normalized spacial score (nSPS) is 14.5. The lowest BCUT2D eigenvalue weighted by Gasteiger charge is -2.32. The highest BCUT2D eigenvalue weighted by Crippen LogP contribution is 2.53. The average Bonchev–Trinajstić information content (AvgIpc) is 3.67. The summed E-state index contributed by atoms with van der Waals surface area (Å²) in [6, 6.07) is 45.7. The minimum Gasteiger partial charge on any atom is -0.0658 e. The molecule has 0 aliphatic heterocycles. The van der Waals surface area contributed by atoms with E-state index >= 15 is 0 Å². The molecule has 1 heteroatoms. The highest BCUT2D eigenvalue weighted by Gasteiger charge is 2.43. The van der Waals surface area contributed by atoms with Crippen molar-refractivity contribution in [1.82, 2.24) is 0 Å². The highest BCUT2D eigenvalue weighted by molar-refractivity contribution is 7.09. The molecular formula is C44H40Si. The first kappa shape index (κ1) is 28.0. The first-order valence-electron chi connectivity index (χ1n) is 16.7. The molecule has 0 bridgehead atoms. The van der Waals surface area contributed by atoms with Gasteiger partial charge in [0.1, 0.15) is 8.07 Å². The molecule has 0 aromatic heterocycles. The second-order valence-corrected chi connectivity index (χ2v) is 17.7. The van der Waals surface area contributed by atoms with Crippen molar-refractivity contribution in [3.8, 4) is 22.3 Å². The second-order valence-electron chi connectivity index (χ2n) is 13.4. The molecule has 0 amide bonds. The van der Waals surface area contributed by atoms with E-state index in [1.54, 1.807) is 21.5 Å². The van der Waals surface area contributed by atoms with Gasteiger partial charge in [-0.25, -0.2) is 0 Å². The molecule has 8 rings (SSSR count). The average molecular weight is 597 g/mol. The molecule has 220 valence electrons. The van der Waals surface area contributed by atoms with Gasteiger partial charge in [-0.3, -0.25) is 0 Å². The Balaban J connectivity index is 1.33. The van der Waals surface area contributed by atoms with E-state index in [0.717, 1.165) is 25.7 Å². The van der Waals surface area contributed by atoms with Gasteiger partial charge in [0, 0.05) is 0 Å². The van der Waals surface area contributed by atoms with Crippen molar-refractivity contribution < 1.29 is 0 Å². The van der Waals surface area contributed by atoms with Crippen molar-refractivity contribution in [1.29, 1.82) is 0 Å². The van der Waals surface area contributed by atoms with Crippen LogP contribution in [-0.2, 0) is 12.8 Å². The van der Waals surface area contributed by atoms with Crippen LogP contribution in [0.4, 0.5) is 0 Å². The third-order valence-corrected chi connectivity index (χ3v) is 14.2. The van der Waals surface area contributed by atoms with E-state index in [1.807, 2.05) is 0 Å². The van der Waals surface area contributed by atoms with Crippen molar-refractivity contribution in [2.45, 2.75) is 52.6 Å². The zero-order valence-corrected chi connectivity index (χ0v) is 27.9. The second kappa shape index (κ2) is 10.9. The Morgan fingerprint density at radius 1 is 0.467 bits per heavy atom. The van der Waals surface area contributed by atoms with Crippen LogP contribution >= 0.6 is 0 Å². The fourth-order valence-electron chi connectivity index (χ4n) is 8.51. The van der Waals surface area contributed by atoms with E-state index in [-0.39, 0.29) is 0 Å². The van der Waals surface area contributed by atoms with Crippen LogP contribution < -0.4 is 0 Å². The minimum absolute atomic E-state index is 1.08. The maximum absolute atomic E-state index is 2.65. The number of hydrogen-bond acceptors (Lipinski definition) is 0. The van der Waals surface area contributed by atoms with E-state index in [1.165, 1.54) is 66.1 Å². The maximum atomic E-state index is 2.65. The summed E-state index contributed by atoms with van der Waals surface area (Å²) >= 11 is 0. The van der Waals surface area contributed by atoms with Gasteiger partial charge in [0.05, 0.1) is 0 Å². The smallest absolute Gasteiger partial charge is 0.0658 e. The number of fused-ring (bicyclic) bond motifs is 4. The van der Waals surface area contributed by atoms with Crippen LogP contribution in [0.25, 0.3) is 54.2 Å². The zero-order chi connectivity index (χ0) is 30.7. The molecular weight excluding hydrogens is 557 g/mol. The Hall–Kier alpha value is -4.46. The van der Waals surface area contributed by atoms with Gasteiger partial charge in [-0.2, -0.15) is 0 Å². The number of allylic oxidation sites excluding steroid dienone is 2. The Morgan fingerprint density at radius 3 is 1.31 bits per heavy atom. The maximum Gasteiger partial charge on any atom is 0.113 e. The van der Waals surface area contributed by atoms with E-state index in [4.69, 9.17) is 0 Å². The van der Waals surface area contributed by atoms with Crippen molar-refractivity contribution in [3.63, 3.8) is 0 Å². The fourth-order valence-corrected chi connectivity index (χ4v) is 12.9. The van der Waals surface area contributed by atoms with Crippen molar-refractivity contribution in [2.75, 3.05) is 0 Å². The quantitative estimate of drug-likeness (QED) is 0.168. The predicted octanol–water partition coefficient (Wildman–Crippen LogP) is 12.3. The fraction of sp³-hybridized carbons (Fsp3) is 0.182. The summed E-state index contributed by atoms with van der Waals surface area (Å²) in [5, 5.41) is 8.59. The Labute approximate surface area is 268 Å². The standard InChI is InChI=1S/C44H40Si/c1-5-29-25-37-17-11-19-39(35-23-21-31-13-7-9-15-33(31)27-35)41(37)43(29)45(3,4)44-30(6-2)26-38-18-12-20-40(42(38)44)36-24-22-32-14-8-10-16-34(32)28-36/h7-24,27-28H,5-6,25-26H2,1-4H3. The molecule has 0 nitrogen and oxygen atoms in total. The summed E-state index contributed by atoms with van der Waals surface area (Å²) in [6.07, 6.45) is 4.36. The molecule has 0 unspecified atom stereocenters. The largest absolute Gasteiger partial charge is 0.113 e. The molecule has 6 aromatic carbocycles. The predicted molar refractivity (Wildman–Crippen MR) is 198 cm³/mol. The van der Waals surface area contributed by atoms with Crippen molar-refractivity contribution in [2.24, 2.45) is 0 Å². The van der Waals surface area contributed by atoms with E-state index < -0.39 is 8.07 Å². The SMILES string of the molecule is CCC1=C([Si](C)(C)C2=C(CC)Cc3cccc(-c4ccc5ccccc5c4)c32)c2c(cccc2-c2ccc3ccccc3c2)C1. The van der Waals surface area contributed by atoms with Gasteiger partial charge < -0.3 is 0 Å². The minimum atomic E-state index is -2.18. The third-order valence-electron chi connectivity index (χ3n) is 10.5. The third kappa shape index (κ3) is 4.48. The van der Waals surface area contributed by atoms with Crippen LogP contribution in [0.1, 0.15) is 48.9 Å². The van der Waals surface area contributed by atoms with Gasteiger partial charge in [0.15, 0.2) is 0 Å². The van der Waals surface area contributed by atoms with Crippen LogP contribution in [0, 0.1) is 0 Å². The van der Waals surface area contributed by atoms with Crippen molar-refractivity contribution >= 4 is 40.0 Å². The molecule has 2 aliphatic carbocycles. The first-order valence-corrected chi connectivity index (χ1v) is 19.7. The molecule has 0 radical (unpaired) electrons. The lowest BCUT2D eigenvalue weighted by molar-refractivity contribution is 1.03. The summed E-state index contributed by atoms with van der Waals surface area (Å²) in [5.41, 5.74) is 14.8. The molecule has 0 fully saturated rings. The molecule has 0 atom stereocenters. The molecule has 0 spiro atoms. The summed E-state index contributed by atoms with van der Waals surface area (Å²) in [7, 11) is -2.18. The van der Waals surface area contributed by atoms with Gasteiger partial charge in [-0.15, -0.1) is 0 Å². The Kier molecular flexibility index (Phi) is 6.77. The molecule has 45 heavy (non-hydrogen) atoms. The molecule has 6 aromatic rings. The van der Waals surface area contributed by atoms with Crippen LogP contribution in [0.5, 0.6) is 0 Å². The summed E-state index contributed by atoms with van der Waals surface area (Å²) in [5.74, 6) is 0. The summed E-state index contributed by atoms with van der Waals surface area (Å²) < 4.78 is 0. The first-order chi connectivity index (χ1) is 22.0. The number of rotatable bonds is 6. The summed E-state index contributed by atoms with van der Waals surface area (Å²) in [6.45, 7) is 10.1. The number of hydrogen-bond donors (Lipinski definition) is 0. The van der Waals surface area contributed by atoms with E-state index in [2.05, 4.69) is 148 Å². The van der Waals surface area contributed by atoms with Crippen molar-refractivity contribution in [3.05, 3.63) is 155 Å². The van der Waals surface area contributed by atoms with Crippen LogP contribution in [0.2, 0.25) is 13.1 Å². The molecule has 0 saturated carbocycles. The molecule has 0 saturated heterocycles. The summed E-state index contributed by atoms with van der Waals surface area (Å²) in [4.78, 5) is 0. The number of benzene rings is 6. The van der Waals surface area contributed by atoms with Gasteiger partial charge >= 0.3 is 0 Å². The van der Waals surface area contributed by atoms with Gasteiger partial charge in [-0.1, -0.05) is 147 Å². The monoisotopic (exact) mass is 596 g/mol.